The molecule has 1 aromatic heterocycles. The molecule has 156 valence electrons. The van der Waals surface area contributed by atoms with Crippen LogP contribution < -0.4 is 10.2 Å². The van der Waals surface area contributed by atoms with Crippen molar-refractivity contribution in [3.63, 3.8) is 0 Å². The molecule has 0 bridgehead atoms. The number of hydrogen-bond donors (Lipinski definition) is 1. The summed E-state index contributed by atoms with van der Waals surface area (Å²) in [5, 5.41) is 2.71. The zero-order valence-electron chi connectivity index (χ0n) is 16.1. The fourth-order valence-corrected chi connectivity index (χ4v) is 4.38. The molecule has 2 heterocycles. The number of rotatable bonds is 3. The maximum Gasteiger partial charge on any atom is 0.417 e. The van der Waals surface area contributed by atoms with Crippen molar-refractivity contribution in [2.45, 2.75) is 43.7 Å². The van der Waals surface area contributed by atoms with Crippen molar-refractivity contribution in [3.05, 3.63) is 60.3 Å². The lowest BCUT2D eigenvalue weighted by Crippen LogP contribution is -2.40. The molecule has 5 nitrogen and oxygen atoms in total. The quantitative estimate of drug-likeness (QED) is 0.709. The van der Waals surface area contributed by atoms with E-state index < -0.39 is 17.2 Å². The minimum atomic E-state index is -4.50. The van der Waals surface area contributed by atoms with Gasteiger partial charge in [0.05, 0.1) is 16.7 Å². The fourth-order valence-electron chi connectivity index (χ4n) is 4.38. The third kappa shape index (κ3) is 3.26. The largest absolute Gasteiger partial charge is 0.417 e. The lowest BCUT2D eigenvalue weighted by atomic mass is 9.70. The molecule has 0 saturated heterocycles. The lowest BCUT2D eigenvalue weighted by molar-refractivity contribution is -0.137. The summed E-state index contributed by atoms with van der Waals surface area (Å²) in [6.07, 6.45) is 1.48. The van der Waals surface area contributed by atoms with Crippen LogP contribution in [-0.2, 0) is 21.2 Å². The standard InChI is InChI=1S/C22H20F3N3O2/c1-2-19(29)27-15-7-8-17-16(12-15)21(10-4-3-5-11-21)20(30)28(17)18-9-6-14(13-26-18)22(23,24)25/h2,6-9,12-13H,1,3-5,10-11H2,(H,27,29). The molecule has 2 aromatic rings. The van der Waals surface area contributed by atoms with Crippen LogP contribution in [0.5, 0.6) is 0 Å². The second-order valence-electron chi connectivity index (χ2n) is 7.61. The van der Waals surface area contributed by atoms with Gasteiger partial charge >= 0.3 is 6.18 Å². The number of amides is 2. The number of carbonyl (C=O) groups excluding carboxylic acids is 2. The highest BCUT2D eigenvalue weighted by Crippen LogP contribution is 2.52. The van der Waals surface area contributed by atoms with Gasteiger partial charge in [-0.1, -0.05) is 25.8 Å². The van der Waals surface area contributed by atoms with E-state index in [0.29, 0.717) is 24.2 Å². The topological polar surface area (TPSA) is 62.3 Å². The summed E-state index contributed by atoms with van der Waals surface area (Å²) < 4.78 is 38.7. The highest BCUT2D eigenvalue weighted by molar-refractivity contribution is 6.13. The minimum Gasteiger partial charge on any atom is -0.323 e. The summed E-state index contributed by atoms with van der Waals surface area (Å²) >= 11 is 0. The Hall–Kier alpha value is -3.16. The van der Waals surface area contributed by atoms with E-state index in [1.54, 1.807) is 18.2 Å². The number of fused-ring (bicyclic) bond motifs is 2. The van der Waals surface area contributed by atoms with Gasteiger partial charge in [-0.2, -0.15) is 13.2 Å². The van der Waals surface area contributed by atoms with Gasteiger partial charge in [-0.15, -0.1) is 0 Å². The second-order valence-corrected chi connectivity index (χ2v) is 7.61. The molecule has 1 fully saturated rings. The summed E-state index contributed by atoms with van der Waals surface area (Å²) in [5.74, 6) is -0.394. The number of benzene rings is 1. The summed E-state index contributed by atoms with van der Waals surface area (Å²) in [7, 11) is 0. The zero-order valence-corrected chi connectivity index (χ0v) is 16.1. The van der Waals surface area contributed by atoms with Gasteiger partial charge in [-0.05, 0) is 54.8 Å². The van der Waals surface area contributed by atoms with E-state index in [0.717, 1.165) is 43.2 Å². The highest BCUT2D eigenvalue weighted by atomic mass is 19.4. The number of alkyl halides is 3. The first kappa shape index (κ1) is 20.1. The predicted octanol–water partition coefficient (Wildman–Crippen LogP) is 5.11. The summed E-state index contributed by atoms with van der Waals surface area (Å²) in [6, 6.07) is 7.30. The third-order valence-electron chi connectivity index (χ3n) is 5.83. The van der Waals surface area contributed by atoms with Crippen LogP contribution in [0, 0.1) is 0 Å². The first-order valence-electron chi connectivity index (χ1n) is 9.72. The Morgan fingerprint density at radius 2 is 1.90 bits per heavy atom. The van der Waals surface area contributed by atoms with Crippen LogP contribution >= 0.6 is 0 Å². The third-order valence-corrected chi connectivity index (χ3v) is 5.83. The SMILES string of the molecule is C=CC(=O)Nc1ccc2c(c1)C1(CCCCC1)C(=O)N2c1ccc(C(F)(F)F)cn1. The Morgan fingerprint density at radius 3 is 2.50 bits per heavy atom. The number of pyridine rings is 1. The highest BCUT2D eigenvalue weighted by Gasteiger charge is 2.52. The van der Waals surface area contributed by atoms with Gasteiger partial charge < -0.3 is 5.32 Å². The van der Waals surface area contributed by atoms with Crippen LogP contribution in [0.4, 0.5) is 30.4 Å². The number of carbonyl (C=O) groups is 2. The second kappa shape index (κ2) is 7.27. The van der Waals surface area contributed by atoms with Crippen LogP contribution in [0.3, 0.4) is 0 Å². The molecule has 2 amide bonds. The van der Waals surface area contributed by atoms with Crippen molar-refractivity contribution >= 4 is 29.0 Å². The maximum absolute atomic E-state index is 13.6. The van der Waals surface area contributed by atoms with Crippen LogP contribution in [-0.4, -0.2) is 16.8 Å². The molecule has 2 aliphatic rings. The van der Waals surface area contributed by atoms with Crippen molar-refractivity contribution in [2.24, 2.45) is 0 Å². The van der Waals surface area contributed by atoms with Gasteiger partial charge in [0.2, 0.25) is 11.8 Å². The first-order chi connectivity index (χ1) is 14.3. The number of nitrogens with zero attached hydrogens (tertiary/aromatic N) is 2. The molecular weight excluding hydrogens is 395 g/mol. The maximum atomic E-state index is 13.6. The molecule has 1 saturated carbocycles. The molecule has 0 radical (unpaired) electrons. The monoisotopic (exact) mass is 415 g/mol. The summed E-state index contributed by atoms with van der Waals surface area (Å²) in [4.78, 5) is 30.6. The predicted molar refractivity (Wildman–Crippen MR) is 106 cm³/mol. The van der Waals surface area contributed by atoms with E-state index in [1.807, 2.05) is 0 Å². The molecule has 30 heavy (non-hydrogen) atoms. The Labute approximate surface area is 171 Å². The van der Waals surface area contributed by atoms with Crippen LogP contribution in [0.2, 0.25) is 0 Å². The molecule has 4 rings (SSSR count). The molecule has 1 spiro atoms. The van der Waals surface area contributed by atoms with Gasteiger partial charge in [0.1, 0.15) is 5.82 Å². The Kier molecular flexibility index (Phi) is 4.88. The molecule has 1 aromatic carbocycles. The number of halogens is 3. The van der Waals surface area contributed by atoms with Crippen LogP contribution in [0.25, 0.3) is 0 Å². The normalized spacial score (nSPS) is 17.7. The van der Waals surface area contributed by atoms with E-state index in [1.165, 1.54) is 11.0 Å². The van der Waals surface area contributed by atoms with Crippen molar-refractivity contribution in [1.82, 2.24) is 4.98 Å². The minimum absolute atomic E-state index is 0.152. The van der Waals surface area contributed by atoms with Gasteiger partial charge in [-0.3, -0.25) is 14.5 Å². The van der Waals surface area contributed by atoms with E-state index in [4.69, 9.17) is 0 Å². The van der Waals surface area contributed by atoms with E-state index in [9.17, 15) is 22.8 Å². The van der Waals surface area contributed by atoms with Crippen molar-refractivity contribution in [1.29, 1.82) is 0 Å². The van der Waals surface area contributed by atoms with E-state index in [2.05, 4.69) is 16.9 Å². The van der Waals surface area contributed by atoms with Gasteiger partial charge in [0.15, 0.2) is 0 Å². The van der Waals surface area contributed by atoms with Gasteiger partial charge in [-0.25, -0.2) is 4.98 Å². The molecule has 0 atom stereocenters. The zero-order chi connectivity index (χ0) is 21.5. The molecule has 1 N–H and O–H groups in total. The summed E-state index contributed by atoms with van der Waals surface area (Å²) in [5.41, 5.74) is 0.278. The Morgan fingerprint density at radius 1 is 1.17 bits per heavy atom. The number of aromatic nitrogens is 1. The number of hydrogen-bond acceptors (Lipinski definition) is 3. The van der Waals surface area contributed by atoms with Crippen LogP contribution in [0.1, 0.15) is 43.2 Å². The van der Waals surface area contributed by atoms with Crippen molar-refractivity contribution in [3.8, 4) is 0 Å². The molecule has 8 heteroatoms. The van der Waals surface area contributed by atoms with Gasteiger partial charge in [0, 0.05) is 11.9 Å². The van der Waals surface area contributed by atoms with E-state index in [-0.39, 0.29) is 17.6 Å². The van der Waals surface area contributed by atoms with Crippen molar-refractivity contribution in [2.75, 3.05) is 10.2 Å². The molecule has 1 aliphatic heterocycles. The first-order valence-corrected chi connectivity index (χ1v) is 9.72. The van der Waals surface area contributed by atoms with Crippen molar-refractivity contribution < 1.29 is 22.8 Å². The van der Waals surface area contributed by atoms with E-state index >= 15 is 0 Å². The average molecular weight is 415 g/mol. The molecule has 0 unspecified atom stereocenters. The molecule has 1 aliphatic carbocycles. The number of nitrogens with one attached hydrogen (secondary N) is 1. The summed E-state index contributed by atoms with van der Waals surface area (Å²) in [6.45, 7) is 3.44. The fraction of sp³-hybridized carbons (Fsp3) is 0.318. The Bertz CT molecular complexity index is 1010. The number of anilines is 3. The van der Waals surface area contributed by atoms with Crippen LogP contribution in [0.15, 0.2) is 49.2 Å². The van der Waals surface area contributed by atoms with Gasteiger partial charge in [0.25, 0.3) is 0 Å². The Balaban J connectivity index is 1.80. The smallest absolute Gasteiger partial charge is 0.323 e. The average Bonchev–Trinajstić information content (AvgIpc) is 2.96. The lowest BCUT2D eigenvalue weighted by Gasteiger charge is -2.32. The molecular formula is C22H20F3N3O2.